The summed E-state index contributed by atoms with van der Waals surface area (Å²) in [6.07, 6.45) is 11.1. The molecule has 7 nitrogen and oxygen atoms in total. The van der Waals surface area contributed by atoms with Crippen LogP contribution in [0.25, 0.3) is 11.4 Å². The van der Waals surface area contributed by atoms with Gasteiger partial charge in [-0.25, -0.2) is 23.7 Å². The van der Waals surface area contributed by atoms with Crippen molar-refractivity contribution in [2.45, 2.75) is 59.4 Å². The molecule has 2 N–H and O–H groups in total. The lowest BCUT2D eigenvalue weighted by molar-refractivity contribution is 0.430. The highest BCUT2D eigenvalue weighted by Crippen LogP contribution is 2.33. The van der Waals surface area contributed by atoms with Crippen molar-refractivity contribution < 1.29 is 8.78 Å². The van der Waals surface area contributed by atoms with Crippen LogP contribution in [0, 0.1) is 11.8 Å². The van der Waals surface area contributed by atoms with Gasteiger partial charge in [0.15, 0.2) is 5.82 Å². The van der Waals surface area contributed by atoms with Crippen LogP contribution in [0.15, 0.2) is 71.2 Å². The van der Waals surface area contributed by atoms with Crippen LogP contribution in [-0.4, -0.2) is 47.3 Å². The number of hydrogen-bond acceptors (Lipinski definition) is 7. The third-order valence-corrected chi connectivity index (χ3v) is 8.04. The van der Waals surface area contributed by atoms with Gasteiger partial charge in [0.1, 0.15) is 23.3 Å². The van der Waals surface area contributed by atoms with Crippen molar-refractivity contribution in [2.24, 2.45) is 16.8 Å². The lowest BCUT2D eigenvalue weighted by Gasteiger charge is -2.34. The number of aromatic nitrogens is 3. The number of pyridine rings is 1. The molecule has 3 atom stereocenters. The maximum absolute atomic E-state index is 14.4. The molecule has 0 amide bonds. The minimum absolute atomic E-state index is 0.127. The molecular formula is C32H41F2N7. The first-order chi connectivity index (χ1) is 19.7. The van der Waals surface area contributed by atoms with Gasteiger partial charge in [0, 0.05) is 54.8 Å². The van der Waals surface area contributed by atoms with E-state index in [0.29, 0.717) is 29.5 Å². The molecule has 2 aliphatic heterocycles. The van der Waals surface area contributed by atoms with Crippen LogP contribution in [0.4, 0.5) is 20.4 Å². The molecule has 0 aromatic carbocycles. The van der Waals surface area contributed by atoms with E-state index >= 15 is 0 Å². The summed E-state index contributed by atoms with van der Waals surface area (Å²) >= 11 is 0. The van der Waals surface area contributed by atoms with Crippen molar-refractivity contribution >= 4 is 17.9 Å². The molecule has 41 heavy (non-hydrogen) atoms. The molecule has 2 aromatic rings. The third kappa shape index (κ3) is 7.33. The van der Waals surface area contributed by atoms with Crippen molar-refractivity contribution in [3.8, 4) is 11.4 Å². The molecule has 2 aliphatic rings. The van der Waals surface area contributed by atoms with Gasteiger partial charge in [-0.05, 0) is 74.9 Å². The van der Waals surface area contributed by atoms with Crippen molar-refractivity contribution in [1.82, 2.24) is 20.3 Å². The first kappa shape index (κ1) is 30.2. The van der Waals surface area contributed by atoms with E-state index < -0.39 is 11.7 Å². The van der Waals surface area contributed by atoms with Gasteiger partial charge in [-0.2, -0.15) is 0 Å². The number of allylic oxidation sites excluding steroid dienone is 6. The highest BCUT2D eigenvalue weighted by atomic mass is 19.1. The maximum Gasteiger partial charge on any atom is 0.162 e. The lowest BCUT2D eigenvalue weighted by Crippen LogP contribution is -2.40. The van der Waals surface area contributed by atoms with E-state index in [1.807, 2.05) is 18.5 Å². The van der Waals surface area contributed by atoms with Crippen LogP contribution < -0.4 is 15.5 Å². The van der Waals surface area contributed by atoms with Gasteiger partial charge in [0.25, 0.3) is 0 Å². The van der Waals surface area contributed by atoms with E-state index in [0.717, 1.165) is 73.6 Å². The molecular weight excluding hydrogens is 520 g/mol. The summed E-state index contributed by atoms with van der Waals surface area (Å²) in [6, 6.07) is 3.92. The van der Waals surface area contributed by atoms with Crippen LogP contribution in [0.2, 0.25) is 0 Å². The molecule has 1 saturated heterocycles. The molecule has 1 fully saturated rings. The largest absolute Gasteiger partial charge is 0.356 e. The molecule has 218 valence electrons. The summed E-state index contributed by atoms with van der Waals surface area (Å²) in [5.41, 5.74) is 4.00. The number of anilines is 2. The number of nitrogens with zero attached hydrogens (tertiary/aromatic N) is 5. The zero-order valence-electron chi connectivity index (χ0n) is 24.7. The van der Waals surface area contributed by atoms with Gasteiger partial charge in [0.2, 0.25) is 0 Å². The van der Waals surface area contributed by atoms with E-state index in [4.69, 9.17) is 9.97 Å². The Morgan fingerprint density at radius 3 is 2.88 bits per heavy atom. The fourth-order valence-corrected chi connectivity index (χ4v) is 5.30. The Morgan fingerprint density at radius 1 is 1.32 bits per heavy atom. The molecule has 0 spiro atoms. The topological polar surface area (TPSA) is 78.3 Å². The molecule has 0 aliphatic carbocycles. The molecule has 0 radical (unpaired) electrons. The summed E-state index contributed by atoms with van der Waals surface area (Å²) in [7, 11) is 2.14. The van der Waals surface area contributed by atoms with Crippen molar-refractivity contribution in [1.29, 1.82) is 0 Å². The predicted octanol–water partition coefficient (Wildman–Crippen LogP) is 6.92. The Hall–Kier alpha value is -3.72. The monoisotopic (exact) mass is 561 g/mol. The Labute approximate surface area is 242 Å². The van der Waals surface area contributed by atoms with E-state index in [2.05, 4.69) is 59.9 Å². The van der Waals surface area contributed by atoms with Crippen LogP contribution >= 0.6 is 0 Å². The predicted molar refractivity (Wildman–Crippen MR) is 164 cm³/mol. The number of hydrogen-bond donors (Lipinski definition) is 2. The van der Waals surface area contributed by atoms with Gasteiger partial charge in [-0.15, -0.1) is 0 Å². The van der Waals surface area contributed by atoms with E-state index in [9.17, 15) is 8.78 Å². The second-order valence-electron chi connectivity index (χ2n) is 11.0. The van der Waals surface area contributed by atoms with Gasteiger partial charge in [-0.1, -0.05) is 27.4 Å². The minimum atomic E-state index is -0.758. The second kappa shape index (κ2) is 13.8. The number of fused-ring (bicyclic) bond motifs is 1. The summed E-state index contributed by atoms with van der Waals surface area (Å²) in [5, 5.41) is 6.47. The Bertz CT molecular complexity index is 1380. The Balaban J connectivity index is 1.77. The first-order valence-electron chi connectivity index (χ1n) is 14.4. The minimum Gasteiger partial charge on any atom is -0.356 e. The number of aliphatic imine (C=N–C) groups is 1. The maximum atomic E-state index is 14.4. The van der Waals surface area contributed by atoms with Crippen molar-refractivity contribution in [3.05, 3.63) is 77.4 Å². The molecule has 0 bridgehead atoms. The smallest absolute Gasteiger partial charge is 0.162 e. The number of nitrogens with one attached hydrogen (secondary N) is 2. The second-order valence-corrected chi connectivity index (χ2v) is 11.0. The number of rotatable bonds is 9. The van der Waals surface area contributed by atoms with Gasteiger partial charge < -0.3 is 15.5 Å². The Morgan fingerprint density at radius 2 is 2.12 bits per heavy atom. The fourth-order valence-electron chi connectivity index (χ4n) is 5.30. The standard InChI is InChI=1S/C32H41F2N7/c1-7-20(3)24-14-26-28(19-36-18-24)39-31(40-32(26)41(6)29-10-9-12-35-17-21(29)4)23-11-13-37-30(15-23)38-22(5)27(34)16-25(33)8-2/h8,11,13,15-16,18-21,29,35H,2,7,9-10,12,14,17H2,1,3-6H3,(H,37,38)/b25-16+,27-22-. The van der Waals surface area contributed by atoms with Gasteiger partial charge >= 0.3 is 0 Å². The first-order valence-corrected chi connectivity index (χ1v) is 14.4. The molecule has 2 aromatic heterocycles. The highest BCUT2D eigenvalue weighted by molar-refractivity contribution is 5.84. The van der Waals surface area contributed by atoms with Gasteiger partial charge in [0.05, 0.1) is 11.9 Å². The summed E-state index contributed by atoms with van der Waals surface area (Å²) in [6.45, 7) is 13.5. The average molecular weight is 562 g/mol. The number of halogens is 2. The van der Waals surface area contributed by atoms with E-state index in [-0.39, 0.29) is 5.70 Å². The molecule has 3 unspecified atom stereocenters. The quantitative estimate of drug-likeness (QED) is 0.324. The Kier molecular flexibility index (Phi) is 10.2. The summed E-state index contributed by atoms with van der Waals surface area (Å²) < 4.78 is 27.9. The van der Waals surface area contributed by atoms with Gasteiger partial charge in [-0.3, -0.25) is 4.99 Å². The molecule has 0 saturated carbocycles. The average Bonchev–Trinajstić information content (AvgIpc) is 3.33. The molecule has 9 heteroatoms. The summed E-state index contributed by atoms with van der Waals surface area (Å²) in [4.78, 5) is 21.4. The SMILES string of the molecule is C=C/C(F)=C\C(F)=C(/C)Nc1cc(-c2nc3c(c(N(C)C4CCCNCC4C)n2)CC(C(C)CC)=CN=C3)ccn1. The highest BCUT2D eigenvalue weighted by Gasteiger charge is 2.29. The zero-order chi connectivity index (χ0) is 29.5. The zero-order valence-corrected chi connectivity index (χ0v) is 24.7. The normalized spacial score (nSPS) is 20.7. The van der Waals surface area contributed by atoms with Crippen molar-refractivity contribution in [2.75, 3.05) is 30.4 Å². The summed E-state index contributed by atoms with van der Waals surface area (Å²) in [5.74, 6) is 1.19. The third-order valence-electron chi connectivity index (χ3n) is 8.04. The van der Waals surface area contributed by atoms with E-state index in [1.54, 1.807) is 12.3 Å². The molecule has 4 rings (SSSR count). The molecule has 4 heterocycles. The fraction of sp³-hybridized carbons (Fsp3) is 0.438. The van der Waals surface area contributed by atoms with Crippen LogP contribution in [0.3, 0.4) is 0 Å². The van der Waals surface area contributed by atoms with Crippen LogP contribution in [-0.2, 0) is 6.42 Å². The van der Waals surface area contributed by atoms with Crippen LogP contribution in [0.1, 0.15) is 58.2 Å². The van der Waals surface area contributed by atoms with E-state index in [1.165, 1.54) is 12.5 Å². The van der Waals surface area contributed by atoms with Crippen molar-refractivity contribution in [3.63, 3.8) is 0 Å². The van der Waals surface area contributed by atoms with Crippen LogP contribution in [0.5, 0.6) is 0 Å². The lowest BCUT2D eigenvalue weighted by atomic mass is 9.92.